The zero-order chi connectivity index (χ0) is 14.8. The van der Waals surface area contributed by atoms with Crippen LogP contribution >= 0.6 is 0 Å². The molecule has 0 spiro atoms. The van der Waals surface area contributed by atoms with E-state index in [1.807, 2.05) is 13.0 Å². The second-order valence-electron chi connectivity index (χ2n) is 4.39. The molecule has 0 aliphatic heterocycles. The monoisotopic (exact) mass is 284 g/mol. The van der Waals surface area contributed by atoms with E-state index in [4.69, 9.17) is 15.0 Å². The van der Waals surface area contributed by atoms with E-state index < -0.39 is 5.63 Å². The normalized spacial score (nSPS) is 10.6. The number of benzene rings is 1. The molecule has 0 fully saturated rings. The number of nitrogens with zero attached hydrogens (tertiary/aromatic N) is 2. The van der Waals surface area contributed by atoms with E-state index in [0.717, 1.165) is 10.9 Å². The number of nitrogen functional groups attached to an aromatic ring is 1. The molecule has 0 radical (unpaired) electrons. The molecular weight excluding hydrogens is 272 g/mol. The topological polar surface area (TPSA) is 103 Å². The summed E-state index contributed by atoms with van der Waals surface area (Å²) in [7, 11) is 0. The Morgan fingerprint density at radius 3 is 2.90 bits per heavy atom. The average Bonchev–Trinajstić information content (AvgIpc) is 2.47. The summed E-state index contributed by atoms with van der Waals surface area (Å²) in [6.07, 6.45) is 1.33. The molecule has 21 heavy (non-hydrogen) atoms. The molecule has 3 aromatic rings. The van der Waals surface area contributed by atoms with Crippen molar-refractivity contribution in [3.05, 3.63) is 52.6 Å². The molecule has 3 N–H and O–H groups in total. The molecule has 2 heterocycles. The zero-order valence-electron chi connectivity index (χ0n) is 11.2. The molecule has 0 amide bonds. The van der Waals surface area contributed by atoms with Gasteiger partial charge in [0.1, 0.15) is 23.5 Å². The van der Waals surface area contributed by atoms with Crippen molar-refractivity contribution in [2.24, 2.45) is 5.84 Å². The fourth-order valence-corrected chi connectivity index (χ4v) is 1.96. The minimum absolute atomic E-state index is 0.326. The number of aromatic nitrogens is 2. The summed E-state index contributed by atoms with van der Waals surface area (Å²) in [5.74, 6) is 6.53. The minimum atomic E-state index is -0.395. The molecule has 106 valence electrons. The Morgan fingerprint density at radius 2 is 2.10 bits per heavy atom. The zero-order valence-corrected chi connectivity index (χ0v) is 11.2. The van der Waals surface area contributed by atoms with Crippen LogP contribution in [0.3, 0.4) is 0 Å². The molecule has 0 unspecified atom stereocenters. The summed E-state index contributed by atoms with van der Waals surface area (Å²) in [6.45, 7) is 1.85. The van der Waals surface area contributed by atoms with Crippen molar-refractivity contribution >= 4 is 16.8 Å². The Kier molecular flexibility index (Phi) is 3.25. The molecule has 1 aromatic carbocycles. The lowest BCUT2D eigenvalue weighted by Gasteiger charge is -2.07. The molecule has 7 heteroatoms. The van der Waals surface area contributed by atoms with E-state index in [9.17, 15) is 4.79 Å². The highest BCUT2D eigenvalue weighted by atomic mass is 16.5. The minimum Gasteiger partial charge on any atom is -0.439 e. The first-order valence-corrected chi connectivity index (χ1v) is 6.17. The summed E-state index contributed by atoms with van der Waals surface area (Å²) >= 11 is 0. The Hall–Kier alpha value is -2.93. The van der Waals surface area contributed by atoms with Crippen LogP contribution in [0.2, 0.25) is 0 Å². The van der Waals surface area contributed by atoms with Gasteiger partial charge in [0.25, 0.3) is 0 Å². The van der Waals surface area contributed by atoms with Gasteiger partial charge in [-0.05, 0) is 24.6 Å². The maximum Gasteiger partial charge on any atom is 0.336 e. The molecule has 0 aliphatic carbocycles. The fraction of sp³-hybridized carbons (Fsp3) is 0.0714. The number of nitrogens with two attached hydrogens (primary N) is 1. The number of nitrogens with one attached hydrogen (secondary N) is 1. The lowest BCUT2D eigenvalue weighted by atomic mass is 10.1. The molecule has 0 saturated carbocycles. The highest BCUT2D eigenvalue weighted by Crippen LogP contribution is 2.25. The van der Waals surface area contributed by atoms with Crippen LogP contribution in [0.15, 0.2) is 45.9 Å². The Labute approximate surface area is 119 Å². The predicted octanol–water partition coefficient (Wildman–Crippen LogP) is 1.97. The van der Waals surface area contributed by atoms with Crippen LogP contribution in [-0.2, 0) is 0 Å². The Bertz CT molecular complexity index is 860. The maximum atomic E-state index is 11.4. The third-order valence-corrected chi connectivity index (χ3v) is 2.94. The van der Waals surface area contributed by atoms with Crippen molar-refractivity contribution in [2.45, 2.75) is 6.92 Å². The smallest absolute Gasteiger partial charge is 0.336 e. The van der Waals surface area contributed by atoms with Gasteiger partial charge in [0.05, 0.1) is 0 Å². The van der Waals surface area contributed by atoms with E-state index in [0.29, 0.717) is 23.0 Å². The Morgan fingerprint density at radius 1 is 1.24 bits per heavy atom. The molecule has 0 aliphatic rings. The molecule has 0 saturated heterocycles. The van der Waals surface area contributed by atoms with Gasteiger partial charge in [0.15, 0.2) is 0 Å². The second-order valence-corrected chi connectivity index (χ2v) is 4.39. The lowest BCUT2D eigenvalue weighted by Crippen LogP contribution is -2.08. The van der Waals surface area contributed by atoms with Crippen molar-refractivity contribution < 1.29 is 9.15 Å². The highest BCUT2D eigenvalue weighted by molar-refractivity contribution is 5.81. The second kappa shape index (κ2) is 5.22. The number of anilines is 1. The number of hydrogen-bond acceptors (Lipinski definition) is 7. The van der Waals surface area contributed by atoms with Crippen LogP contribution in [0.5, 0.6) is 11.6 Å². The third-order valence-electron chi connectivity index (χ3n) is 2.94. The van der Waals surface area contributed by atoms with Gasteiger partial charge >= 0.3 is 5.63 Å². The lowest BCUT2D eigenvalue weighted by molar-refractivity contribution is 0.460. The van der Waals surface area contributed by atoms with Crippen molar-refractivity contribution in [1.29, 1.82) is 0 Å². The van der Waals surface area contributed by atoms with E-state index in [-0.39, 0.29) is 0 Å². The summed E-state index contributed by atoms with van der Waals surface area (Å²) in [5, 5.41) is 0.856. The molecule has 7 nitrogen and oxygen atoms in total. The molecule has 0 bridgehead atoms. The first-order chi connectivity index (χ1) is 10.2. The summed E-state index contributed by atoms with van der Waals surface area (Å²) < 4.78 is 10.8. The van der Waals surface area contributed by atoms with Gasteiger partial charge in [-0.2, -0.15) is 0 Å². The number of aryl methyl sites for hydroxylation is 1. The van der Waals surface area contributed by atoms with Gasteiger partial charge in [0.2, 0.25) is 5.88 Å². The van der Waals surface area contributed by atoms with Crippen molar-refractivity contribution in [3.63, 3.8) is 0 Å². The van der Waals surface area contributed by atoms with Gasteiger partial charge in [0, 0.05) is 23.6 Å². The van der Waals surface area contributed by atoms with Crippen molar-refractivity contribution in [3.8, 4) is 11.6 Å². The maximum absolute atomic E-state index is 11.4. The molecule has 2 aromatic heterocycles. The van der Waals surface area contributed by atoms with Gasteiger partial charge in [-0.1, -0.05) is 0 Å². The summed E-state index contributed by atoms with van der Waals surface area (Å²) in [5.41, 5.74) is 3.33. The molecule has 3 rings (SSSR count). The van der Waals surface area contributed by atoms with Gasteiger partial charge < -0.3 is 14.6 Å². The van der Waals surface area contributed by atoms with Crippen LogP contribution in [0.25, 0.3) is 11.0 Å². The number of hydrogen-bond donors (Lipinski definition) is 2. The van der Waals surface area contributed by atoms with E-state index >= 15 is 0 Å². The van der Waals surface area contributed by atoms with E-state index in [1.54, 1.807) is 18.2 Å². The van der Waals surface area contributed by atoms with Crippen LogP contribution in [0, 0.1) is 6.92 Å². The standard InChI is InChI=1S/C14H12N4O3/c1-8-4-14(19)21-11-5-9(2-3-10(8)11)20-13-6-12(18-15)16-7-17-13/h2-7H,15H2,1H3,(H,16,17,18). The number of ether oxygens (including phenoxy) is 1. The van der Waals surface area contributed by atoms with Crippen molar-refractivity contribution in [2.75, 3.05) is 5.43 Å². The molecular formula is C14H12N4O3. The van der Waals surface area contributed by atoms with Gasteiger partial charge in [-0.3, -0.25) is 0 Å². The number of fused-ring (bicyclic) bond motifs is 1. The van der Waals surface area contributed by atoms with Crippen molar-refractivity contribution in [1.82, 2.24) is 9.97 Å². The van der Waals surface area contributed by atoms with E-state index in [2.05, 4.69) is 15.4 Å². The third kappa shape index (κ3) is 2.67. The van der Waals surface area contributed by atoms with Crippen LogP contribution in [0.1, 0.15) is 5.56 Å². The van der Waals surface area contributed by atoms with E-state index in [1.165, 1.54) is 12.4 Å². The number of hydrazine groups is 1. The average molecular weight is 284 g/mol. The van der Waals surface area contributed by atoms with Crippen LogP contribution < -0.4 is 21.6 Å². The van der Waals surface area contributed by atoms with Gasteiger partial charge in [-0.25, -0.2) is 20.6 Å². The fourth-order valence-electron chi connectivity index (χ4n) is 1.96. The predicted molar refractivity (Wildman–Crippen MR) is 77.1 cm³/mol. The molecule has 0 atom stereocenters. The first kappa shape index (κ1) is 13.1. The van der Waals surface area contributed by atoms with Crippen LogP contribution in [0.4, 0.5) is 5.82 Å². The SMILES string of the molecule is Cc1cc(=O)oc2cc(Oc3cc(NN)ncn3)ccc12. The highest BCUT2D eigenvalue weighted by Gasteiger charge is 2.06. The first-order valence-electron chi connectivity index (χ1n) is 6.17. The quantitative estimate of drug-likeness (QED) is 0.430. The Balaban J connectivity index is 1.99. The summed E-state index contributed by atoms with van der Waals surface area (Å²) in [4.78, 5) is 19.3. The van der Waals surface area contributed by atoms with Gasteiger partial charge in [-0.15, -0.1) is 0 Å². The largest absolute Gasteiger partial charge is 0.439 e. The van der Waals surface area contributed by atoms with Crippen LogP contribution in [-0.4, -0.2) is 9.97 Å². The number of rotatable bonds is 3. The summed E-state index contributed by atoms with van der Waals surface area (Å²) in [6, 6.07) is 8.24.